The number of nitrogens with one attached hydrogen (secondary N) is 2. The predicted molar refractivity (Wildman–Crippen MR) is 83.2 cm³/mol. The van der Waals surface area contributed by atoms with Crippen LogP contribution in [0.25, 0.3) is 11.4 Å². The number of benzene rings is 1. The van der Waals surface area contributed by atoms with Gasteiger partial charge in [0, 0.05) is 18.2 Å². The Kier molecular flexibility index (Phi) is 4.90. The molecule has 4 N–H and O–H groups in total. The van der Waals surface area contributed by atoms with E-state index in [0.717, 1.165) is 24.3 Å². The Hall–Kier alpha value is -2.14. The van der Waals surface area contributed by atoms with E-state index < -0.39 is 0 Å². The van der Waals surface area contributed by atoms with Gasteiger partial charge in [0.05, 0.1) is 0 Å². The summed E-state index contributed by atoms with van der Waals surface area (Å²) in [4.78, 5) is 8.92. The first-order valence-corrected chi connectivity index (χ1v) is 6.88. The van der Waals surface area contributed by atoms with Crippen molar-refractivity contribution in [1.82, 2.24) is 9.97 Å². The van der Waals surface area contributed by atoms with Gasteiger partial charge in [-0.15, -0.1) is 0 Å². The van der Waals surface area contributed by atoms with Crippen LogP contribution in [0.15, 0.2) is 36.4 Å². The van der Waals surface area contributed by atoms with Gasteiger partial charge in [-0.05, 0) is 5.92 Å². The first-order chi connectivity index (χ1) is 9.72. The van der Waals surface area contributed by atoms with E-state index in [1.54, 1.807) is 0 Å². The number of hydrogen-bond acceptors (Lipinski definition) is 5. The van der Waals surface area contributed by atoms with Crippen LogP contribution in [0, 0.1) is 5.92 Å². The maximum atomic E-state index is 5.48. The molecule has 1 heterocycles. The molecule has 0 saturated heterocycles. The lowest BCUT2D eigenvalue weighted by atomic mass is 10.1. The Morgan fingerprint density at radius 3 is 2.50 bits per heavy atom. The normalized spacial score (nSPS) is 11.9. The smallest absolute Gasteiger partial charge is 0.163 e. The maximum absolute atomic E-state index is 5.48. The molecule has 20 heavy (non-hydrogen) atoms. The van der Waals surface area contributed by atoms with Gasteiger partial charge in [0.15, 0.2) is 5.82 Å². The summed E-state index contributed by atoms with van der Waals surface area (Å²) in [6.45, 7) is 5.26. The Balaban J connectivity index is 2.25. The molecular formula is C15H21N5. The Morgan fingerprint density at radius 2 is 1.85 bits per heavy atom. The fraction of sp³-hybridized carbons (Fsp3) is 0.333. The van der Waals surface area contributed by atoms with Gasteiger partial charge in [0.1, 0.15) is 11.6 Å². The summed E-state index contributed by atoms with van der Waals surface area (Å²) in [5.74, 6) is 8.12. The van der Waals surface area contributed by atoms with Gasteiger partial charge < -0.3 is 10.7 Å². The van der Waals surface area contributed by atoms with Crippen molar-refractivity contribution in [2.45, 2.75) is 20.3 Å². The second-order valence-corrected chi connectivity index (χ2v) is 4.87. The Morgan fingerprint density at radius 1 is 1.15 bits per heavy atom. The average molecular weight is 271 g/mol. The number of nitrogens with zero attached hydrogens (tertiary/aromatic N) is 2. The number of anilines is 2. The summed E-state index contributed by atoms with van der Waals surface area (Å²) >= 11 is 0. The maximum Gasteiger partial charge on any atom is 0.163 e. The van der Waals surface area contributed by atoms with E-state index in [1.165, 1.54) is 0 Å². The number of aromatic nitrogens is 2. The highest BCUT2D eigenvalue weighted by Crippen LogP contribution is 2.19. The third-order valence-electron chi connectivity index (χ3n) is 3.23. The highest BCUT2D eigenvalue weighted by atomic mass is 15.3. The fourth-order valence-corrected chi connectivity index (χ4v) is 1.75. The van der Waals surface area contributed by atoms with Gasteiger partial charge in [0.25, 0.3) is 0 Å². The summed E-state index contributed by atoms with van der Waals surface area (Å²) in [5.41, 5.74) is 3.56. The molecule has 1 aromatic carbocycles. The second-order valence-electron chi connectivity index (χ2n) is 4.87. The first-order valence-electron chi connectivity index (χ1n) is 6.88. The molecule has 0 spiro atoms. The zero-order valence-electron chi connectivity index (χ0n) is 11.9. The molecule has 5 heteroatoms. The van der Waals surface area contributed by atoms with Gasteiger partial charge in [-0.2, -0.15) is 0 Å². The summed E-state index contributed by atoms with van der Waals surface area (Å²) in [6, 6.07) is 11.7. The average Bonchev–Trinajstić information content (AvgIpc) is 2.53. The highest BCUT2D eigenvalue weighted by molar-refractivity contribution is 5.60. The van der Waals surface area contributed by atoms with Crippen molar-refractivity contribution >= 4 is 11.6 Å². The number of nitrogen functional groups attached to an aromatic ring is 1. The Bertz CT molecular complexity index is 541. The van der Waals surface area contributed by atoms with Gasteiger partial charge in [0.2, 0.25) is 0 Å². The third kappa shape index (κ3) is 3.68. The summed E-state index contributed by atoms with van der Waals surface area (Å²) < 4.78 is 0. The quantitative estimate of drug-likeness (QED) is 0.556. The molecule has 1 aromatic heterocycles. The molecule has 0 fully saturated rings. The van der Waals surface area contributed by atoms with Crippen LogP contribution >= 0.6 is 0 Å². The topological polar surface area (TPSA) is 75.9 Å². The van der Waals surface area contributed by atoms with Gasteiger partial charge in [-0.1, -0.05) is 50.6 Å². The van der Waals surface area contributed by atoms with Crippen LogP contribution in [0.3, 0.4) is 0 Å². The molecule has 106 valence electrons. The van der Waals surface area contributed by atoms with Crippen molar-refractivity contribution in [3.05, 3.63) is 36.4 Å². The minimum atomic E-state index is 0.597. The Labute approximate surface area is 119 Å². The van der Waals surface area contributed by atoms with Crippen molar-refractivity contribution in [3.63, 3.8) is 0 Å². The van der Waals surface area contributed by atoms with Gasteiger partial charge >= 0.3 is 0 Å². The number of rotatable bonds is 6. The molecule has 0 aliphatic rings. The van der Waals surface area contributed by atoms with Gasteiger partial charge in [-0.25, -0.2) is 15.8 Å². The SMILES string of the molecule is CCC(C)CNc1cc(NN)nc(-c2ccccc2)n1. The molecule has 0 saturated carbocycles. The zero-order chi connectivity index (χ0) is 14.4. The van der Waals surface area contributed by atoms with Crippen molar-refractivity contribution in [3.8, 4) is 11.4 Å². The van der Waals surface area contributed by atoms with E-state index in [-0.39, 0.29) is 0 Å². The molecule has 5 nitrogen and oxygen atoms in total. The summed E-state index contributed by atoms with van der Waals surface area (Å²) in [6.07, 6.45) is 1.13. The van der Waals surface area contributed by atoms with E-state index in [2.05, 4.69) is 34.6 Å². The minimum absolute atomic E-state index is 0.597. The molecule has 2 aromatic rings. The monoisotopic (exact) mass is 271 g/mol. The molecule has 2 rings (SSSR count). The van der Waals surface area contributed by atoms with E-state index in [9.17, 15) is 0 Å². The van der Waals surface area contributed by atoms with Crippen molar-refractivity contribution in [2.75, 3.05) is 17.3 Å². The van der Waals surface area contributed by atoms with Crippen molar-refractivity contribution in [2.24, 2.45) is 11.8 Å². The number of hydrazine groups is 1. The molecule has 0 aliphatic heterocycles. The van der Waals surface area contributed by atoms with Crippen LogP contribution in [0.4, 0.5) is 11.6 Å². The van der Waals surface area contributed by atoms with E-state index in [4.69, 9.17) is 5.84 Å². The standard InChI is InChI=1S/C15H21N5/c1-3-11(2)10-17-13-9-14(20-16)19-15(18-13)12-7-5-4-6-8-12/h4-9,11H,3,10,16H2,1-2H3,(H2,17,18,19,20). The first kappa shape index (κ1) is 14.3. The van der Waals surface area contributed by atoms with Gasteiger partial charge in [-0.3, -0.25) is 0 Å². The lowest BCUT2D eigenvalue weighted by Crippen LogP contribution is -2.14. The molecule has 0 radical (unpaired) electrons. The molecular weight excluding hydrogens is 250 g/mol. The van der Waals surface area contributed by atoms with Crippen LogP contribution < -0.4 is 16.6 Å². The van der Waals surface area contributed by atoms with Crippen LogP contribution in [0.5, 0.6) is 0 Å². The highest BCUT2D eigenvalue weighted by Gasteiger charge is 2.07. The fourth-order valence-electron chi connectivity index (χ4n) is 1.75. The van der Waals surface area contributed by atoms with E-state index >= 15 is 0 Å². The van der Waals surface area contributed by atoms with E-state index in [0.29, 0.717) is 17.6 Å². The van der Waals surface area contributed by atoms with Crippen molar-refractivity contribution in [1.29, 1.82) is 0 Å². The second kappa shape index (κ2) is 6.86. The lowest BCUT2D eigenvalue weighted by molar-refractivity contribution is 0.592. The predicted octanol–water partition coefficient (Wildman–Crippen LogP) is 2.89. The van der Waals surface area contributed by atoms with E-state index in [1.807, 2.05) is 36.4 Å². The van der Waals surface area contributed by atoms with Crippen molar-refractivity contribution < 1.29 is 0 Å². The summed E-state index contributed by atoms with van der Waals surface area (Å²) in [7, 11) is 0. The molecule has 0 aliphatic carbocycles. The molecule has 1 atom stereocenters. The van der Waals surface area contributed by atoms with Crippen LogP contribution in [-0.2, 0) is 0 Å². The van der Waals surface area contributed by atoms with Crippen LogP contribution in [-0.4, -0.2) is 16.5 Å². The minimum Gasteiger partial charge on any atom is -0.370 e. The summed E-state index contributed by atoms with van der Waals surface area (Å²) in [5, 5.41) is 3.33. The molecule has 0 amide bonds. The number of nitrogens with two attached hydrogens (primary N) is 1. The third-order valence-corrected chi connectivity index (χ3v) is 3.23. The van der Waals surface area contributed by atoms with Crippen LogP contribution in [0.1, 0.15) is 20.3 Å². The largest absolute Gasteiger partial charge is 0.370 e. The zero-order valence-corrected chi connectivity index (χ0v) is 11.9. The molecule has 0 bridgehead atoms. The van der Waals surface area contributed by atoms with Crippen LogP contribution in [0.2, 0.25) is 0 Å². The lowest BCUT2D eigenvalue weighted by Gasteiger charge is -2.12. The molecule has 1 unspecified atom stereocenters. The number of hydrogen-bond donors (Lipinski definition) is 3.